The molecule has 0 fully saturated rings. The largest absolute Gasteiger partial charge is 0.489 e. The van der Waals surface area contributed by atoms with E-state index in [9.17, 15) is 9.18 Å². The Labute approximate surface area is 168 Å². The zero-order chi connectivity index (χ0) is 20.6. The fourth-order valence-electron chi connectivity index (χ4n) is 2.79. The Kier molecular flexibility index (Phi) is 6.86. The number of ether oxygens (including phenoxy) is 2. The zero-order valence-electron chi connectivity index (χ0n) is 15.9. The molecule has 0 spiro atoms. The van der Waals surface area contributed by atoms with Crippen LogP contribution in [0.4, 0.5) is 4.39 Å². The lowest BCUT2D eigenvalue weighted by Gasteiger charge is -2.13. The number of benzene rings is 2. The van der Waals surface area contributed by atoms with Gasteiger partial charge in [0.1, 0.15) is 18.2 Å². The predicted octanol–water partition coefficient (Wildman–Crippen LogP) is 3.89. The van der Waals surface area contributed by atoms with Gasteiger partial charge in [-0.1, -0.05) is 18.2 Å². The monoisotopic (exact) mass is 396 g/mol. The Morgan fingerprint density at radius 3 is 2.45 bits per heavy atom. The van der Waals surface area contributed by atoms with Crippen LogP contribution >= 0.6 is 0 Å². The highest BCUT2D eigenvalue weighted by Gasteiger charge is 2.17. The number of aliphatic carboxylic acids is 1. The molecule has 0 aliphatic heterocycles. The van der Waals surface area contributed by atoms with E-state index < -0.39 is 17.9 Å². The third-order valence-electron chi connectivity index (χ3n) is 4.23. The highest BCUT2D eigenvalue weighted by molar-refractivity contribution is 5.72. The second kappa shape index (κ2) is 9.75. The molecule has 1 N–H and O–H groups in total. The van der Waals surface area contributed by atoms with Crippen LogP contribution in [-0.2, 0) is 22.6 Å². The van der Waals surface area contributed by atoms with Gasteiger partial charge in [-0.15, -0.1) is 0 Å². The maximum Gasteiger partial charge on any atom is 0.333 e. The van der Waals surface area contributed by atoms with Crippen molar-refractivity contribution in [1.29, 1.82) is 0 Å². The summed E-state index contributed by atoms with van der Waals surface area (Å²) in [6, 6.07) is 13.5. The zero-order valence-corrected chi connectivity index (χ0v) is 15.9. The number of carboxylic acid groups (broad SMARTS) is 1. The van der Waals surface area contributed by atoms with Crippen LogP contribution in [0.5, 0.6) is 5.75 Å². The van der Waals surface area contributed by atoms with Crippen molar-refractivity contribution in [2.75, 3.05) is 6.61 Å². The van der Waals surface area contributed by atoms with Crippen molar-refractivity contribution < 1.29 is 23.8 Å². The fraction of sp³-hybridized carbons (Fsp3) is 0.227. The first kappa shape index (κ1) is 20.4. The Bertz CT molecular complexity index is 949. The molecule has 0 bridgehead atoms. The van der Waals surface area contributed by atoms with E-state index >= 15 is 0 Å². The lowest BCUT2D eigenvalue weighted by atomic mass is 10.1. The quantitative estimate of drug-likeness (QED) is 0.591. The summed E-state index contributed by atoms with van der Waals surface area (Å²) < 4.78 is 25.1. The summed E-state index contributed by atoms with van der Waals surface area (Å²) in [7, 11) is 0. The number of hydrogen-bond donors (Lipinski definition) is 1. The van der Waals surface area contributed by atoms with Gasteiger partial charge >= 0.3 is 5.97 Å². The number of carbonyl (C=O) groups is 1. The summed E-state index contributed by atoms with van der Waals surface area (Å²) in [6.45, 7) is 2.35. The fourth-order valence-corrected chi connectivity index (χ4v) is 2.79. The van der Waals surface area contributed by atoms with Gasteiger partial charge in [0.25, 0.3) is 0 Å². The summed E-state index contributed by atoms with van der Waals surface area (Å²) in [5, 5.41) is 9.17. The second-order valence-corrected chi connectivity index (χ2v) is 6.31. The Morgan fingerprint density at radius 1 is 1.10 bits per heavy atom. The molecule has 29 heavy (non-hydrogen) atoms. The van der Waals surface area contributed by atoms with Gasteiger partial charge in [-0.3, -0.25) is 0 Å². The number of carboxylic acids is 1. The van der Waals surface area contributed by atoms with Crippen LogP contribution in [0.15, 0.2) is 60.9 Å². The number of aromatic nitrogens is 2. The summed E-state index contributed by atoms with van der Waals surface area (Å²) in [5.74, 6) is -0.439. The van der Waals surface area contributed by atoms with Gasteiger partial charge in [0.15, 0.2) is 11.9 Å². The van der Waals surface area contributed by atoms with E-state index in [1.807, 2.05) is 0 Å². The van der Waals surface area contributed by atoms with Gasteiger partial charge < -0.3 is 14.6 Å². The smallest absolute Gasteiger partial charge is 0.333 e. The van der Waals surface area contributed by atoms with Gasteiger partial charge in [-0.25, -0.2) is 19.2 Å². The number of nitrogens with zero attached hydrogens (tertiary/aromatic N) is 2. The lowest BCUT2D eigenvalue weighted by Crippen LogP contribution is -2.26. The molecule has 1 aromatic heterocycles. The predicted molar refractivity (Wildman–Crippen MR) is 105 cm³/mol. The first-order chi connectivity index (χ1) is 14.1. The second-order valence-electron chi connectivity index (χ2n) is 6.31. The molecule has 0 saturated heterocycles. The van der Waals surface area contributed by atoms with Crippen LogP contribution in [0, 0.1) is 5.82 Å². The summed E-state index contributed by atoms with van der Waals surface area (Å²) in [6.07, 6.45) is 2.53. The molecule has 3 rings (SSSR count). The number of hydrogen-bond acceptors (Lipinski definition) is 5. The van der Waals surface area contributed by atoms with Crippen molar-refractivity contribution in [3.05, 3.63) is 77.9 Å². The molecule has 0 saturated carbocycles. The van der Waals surface area contributed by atoms with E-state index in [1.54, 1.807) is 61.8 Å². The van der Waals surface area contributed by atoms with Crippen molar-refractivity contribution in [2.24, 2.45) is 0 Å². The molecule has 150 valence electrons. The minimum atomic E-state index is -0.985. The van der Waals surface area contributed by atoms with Crippen molar-refractivity contribution >= 4 is 5.97 Å². The first-order valence-electron chi connectivity index (χ1n) is 9.18. The Morgan fingerprint density at radius 2 is 1.79 bits per heavy atom. The van der Waals surface area contributed by atoms with Gasteiger partial charge in [0, 0.05) is 25.4 Å². The van der Waals surface area contributed by atoms with E-state index in [0.29, 0.717) is 23.7 Å². The molecule has 6 nitrogen and oxygen atoms in total. The average molecular weight is 396 g/mol. The Hall–Kier alpha value is -3.32. The van der Waals surface area contributed by atoms with Crippen LogP contribution in [0.3, 0.4) is 0 Å². The topological polar surface area (TPSA) is 81.5 Å². The molecule has 0 aliphatic carbocycles. The van der Waals surface area contributed by atoms with Gasteiger partial charge in [-0.05, 0) is 48.4 Å². The highest BCUT2D eigenvalue weighted by atomic mass is 19.1. The minimum Gasteiger partial charge on any atom is -0.489 e. The maximum atomic E-state index is 14.1. The van der Waals surface area contributed by atoms with E-state index in [2.05, 4.69) is 9.97 Å². The molecule has 0 amide bonds. The van der Waals surface area contributed by atoms with Gasteiger partial charge in [0.05, 0.1) is 5.56 Å². The summed E-state index contributed by atoms with van der Waals surface area (Å²) in [4.78, 5) is 19.4. The van der Waals surface area contributed by atoms with E-state index in [-0.39, 0.29) is 13.0 Å². The van der Waals surface area contributed by atoms with Crippen molar-refractivity contribution in [3.63, 3.8) is 0 Å². The lowest BCUT2D eigenvalue weighted by molar-refractivity contribution is -0.149. The van der Waals surface area contributed by atoms with Crippen molar-refractivity contribution in [1.82, 2.24) is 9.97 Å². The first-order valence-corrected chi connectivity index (χ1v) is 9.18. The van der Waals surface area contributed by atoms with Crippen LogP contribution in [0.25, 0.3) is 11.4 Å². The molecule has 7 heteroatoms. The van der Waals surface area contributed by atoms with Crippen LogP contribution in [0.2, 0.25) is 0 Å². The Balaban J connectivity index is 1.64. The van der Waals surface area contributed by atoms with Crippen molar-refractivity contribution in [2.45, 2.75) is 26.1 Å². The molecule has 2 aromatic carbocycles. The maximum absolute atomic E-state index is 14.1. The van der Waals surface area contributed by atoms with E-state index in [0.717, 1.165) is 11.1 Å². The van der Waals surface area contributed by atoms with E-state index in [4.69, 9.17) is 14.6 Å². The molecule has 0 radical (unpaired) electrons. The third kappa shape index (κ3) is 5.58. The third-order valence-corrected chi connectivity index (χ3v) is 4.23. The standard InChI is InChI=1S/C22H21FN2O4/c1-2-28-20(22(26)27)13-15-4-7-17(8-5-15)29-14-16-6-9-19(23)18(12-16)21-24-10-3-11-25-21/h3-12,20H,2,13-14H2,1H3,(H,26,27). The van der Waals surface area contributed by atoms with Crippen LogP contribution in [-0.4, -0.2) is 33.8 Å². The minimum absolute atomic E-state index is 0.246. The van der Waals surface area contributed by atoms with Crippen molar-refractivity contribution in [3.8, 4) is 17.1 Å². The van der Waals surface area contributed by atoms with Gasteiger partial charge in [0.2, 0.25) is 0 Å². The molecule has 0 aliphatic rings. The summed E-state index contributed by atoms with van der Waals surface area (Å²) >= 11 is 0. The SMILES string of the molecule is CCOC(Cc1ccc(OCc2ccc(F)c(-c3ncccn3)c2)cc1)C(=O)O. The van der Waals surface area contributed by atoms with Crippen LogP contribution in [0.1, 0.15) is 18.1 Å². The summed E-state index contributed by atoms with van der Waals surface area (Å²) in [5.41, 5.74) is 1.93. The molecule has 3 aromatic rings. The highest BCUT2D eigenvalue weighted by Crippen LogP contribution is 2.22. The van der Waals surface area contributed by atoms with Crippen LogP contribution < -0.4 is 4.74 Å². The average Bonchev–Trinajstić information content (AvgIpc) is 2.74. The number of rotatable bonds is 9. The number of halogens is 1. The molecule has 1 atom stereocenters. The molecule has 1 heterocycles. The molecular formula is C22H21FN2O4. The molecular weight excluding hydrogens is 375 g/mol. The van der Waals surface area contributed by atoms with E-state index in [1.165, 1.54) is 6.07 Å². The normalized spacial score (nSPS) is 11.8. The molecule has 1 unspecified atom stereocenters. The van der Waals surface area contributed by atoms with Gasteiger partial charge in [-0.2, -0.15) is 0 Å².